The molecule has 0 aliphatic rings. The summed E-state index contributed by atoms with van der Waals surface area (Å²) in [5.74, 6) is 0.498. The molecule has 0 atom stereocenters. The van der Waals surface area contributed by atoms with Gasteiger partial charge in [-0.25, -0.2) is 8.42 Å². The Balaban J connectivity index is 1.93. The molecule has 3 aromatic rings. The van der Waals surface area contributed by atoms with Crippen LogP contribution in [0.4, 0.5) is 0 Å². The van der Waals surface area contributed by atoms with Crippen LogP contribution >= 0.6 is 0 Å². The third kappa shape index (κ3) is 4.04. The van der Waals surface area contributed by atoms with E-state index >= 15 is 0 Å². The maximum absolute atomic E-state index is 13.0. The van der Waals surface area contributed by atoms with E-state index in [1.807, 2.05) is 13.0 Å². The standard InChI is InChI=1S/C20H22BNO5S/c1-13-8-9-17(20-14(2)22-27-15(20)3)12-19(13)28(25,26)11-10-16-6-4-5-7-18(16)21(23)24/h4-9,12,23-24H,10-11H2,1-3H3. The van der Waals surface area contributed by atoms with Gasteiger partial charge < -0.3 is 14.6 Å². The van der Waals surface area contributed by atoms with Crippen LogP contribution in [-0.4, -0.2) is 36.5 Å². The van der Waals surface area contributed by atoms with Gasteiger partial charge in [0.15, 0.2) is 9.84 Å². The number of rotatable bonds is 6. The Morgan fingerprint density at radius 1 is 1.07 bits per heavy atom. The predicted octanol–water partition coefficient (Wildman–Crippen LogP) is 1.96. The summed E-state index contributed by atoms with van der Waals surface area (Å²) in [6.45, 7) is 5.37. The number of hydrogen-bond acceptors (Lipinski definition) is 6. The number of benzene rings is 2. The maximum atomic E-state index is 13.0. The molecule has 1 heterocycles. The molecule has 0 bridgehead atoms. The molecule has 146 valence electrons. The van der Waals surface area contributed by atoms with Crippen molar-refractivity contribution in [3.63, 3.8) is 0 Å². The van der Waals surface area contributed by atoms with Crippen molar-refractivity contribution in [3.8, 4) is 11.1 Å². The summed E-state index contributed by atoms with van der Waals surface area (Å²) in [7, 11) is -5.22. The molecule has 8 heteroatoms. The zero-order valence-electron chi connectivity index (χ0n) is 16.0. The number of aryl methyl sites for hydroxylation is 4. The number of aromatic nitrogens is 1. The lowest BCUT2D eigenvalue weighted by molar-refractivity contribution is 0.393. The first-order valence-electron chi connectivity index (χ1n) is 8.91. The molecule has 0 spiro atoms. The van der Waals surface area contributed by atoms with Gasteiger partial charge in [-0.1, -0.05) is 41.6 Å². The number of hydrogen-bond donors (Lipinski definition) is 2. The predicted molar refractivity (Wildman–Crippen MR) is 108 cm³/mol. The van der Waals surface area contributed by atoms with Gasteiger partial charge in [-0.3, -0.25) is 0 Å². The number of nitrogens with zero attached hydrogens (tertiary/aromatic N) is 1. The first kappa shape index (κ1) is 20.3. The Bertz CT molecular complexity index is 1090. The molecule has 1 aromatic heterocycles. The van der Waals surface area contributed by atoms with Gasteiger partial charge in [-0.15, -0.1) is 0 Å². The van der Waals surface area contributed by atoms with E-state index in [2.05, 4.69) is 5.16 Å². The van der Waals surface area contributed by atoms with Crippen molar-refractivity contribution in [1.29, 1.82) is 0 Å². The lowest BCUT2D eigenvalue weighted by atomic mass is 9.76. The van der Waals surface area contributed by atoms with Gasteiger partial charge >= 0.3 is 7.12 Å². The average molecular weight is 399 g/mol. The van der Waals surface area contributed by atoms with Crippen molar-refractivity contribution >= 4 is 22.4 Å². The van der Waals surface area contributed by atoms with E-state index in [9.17, 15) is 18.5 Å². The van der Waals surface area contributed by atoms with Crippen LogP contribution in [0.3, 0.4) is 0 Å². The monoisotopic (exact) mass is 399 g/mol. The van der Waals surface area contributed by atoms with Crippen LogP contribution < -0.4 is 5.46 Å². The second kappa shape index (κ2) is 7.91. The van der Waals surface area contributed by atoms with Crippen molar-refractivity contribution < 1.29 is 23.0 Å². The van der Waals surface area contributed by atoms with Gasteiger partial charge in [0.25, 0.3) is 0 Å². The summed E-state index contributed by atoms with van der Waals surface area (Å²) in [6.07, 6.45) is 0.186. The van der Waals surface area contributed by atoms with Crippen LogP contribution in [0.5, 0.6) is 0 Å². The van der Waals surface area contributed by atoms with E-state index in [0.717, 1.165) is 11.1 Å². The highest BCUT2D eigenvalue weighted by molar-refractivity contribution is 7.91. The fourth-order valence-electron chi connectivity index (χ4n) is 3.35. The van der Waals surface area contributed by atoms with Gasteiger partial charge in [0, 0.05) is 5.56 Å². The van der Waals surface area contributed by atoms with Crippen LogP contribution in [0, 0.1) is 20.8 Å². The molecule has 0 amide bonds. The zero-order valence-corrected chi connectivity index (χ0v) is 16.8. The Morgan fingerprint density at radius 2 is 1.79 bits per heavy atom. The SMILES string of the molecule is Cc1ccc(-c2c(C)noc2C)cc1S(=O)(=O)CCc1ccccc1B(O)O. The van der Waals surface area contributed by atoms with E-state index < -0.39 is 17.0 Å². The molecule has 0 saturated heterocycles. The lowest BCUT2D eigenvalue weighted by Crippen LogP contribution is -2.33. The summed E-state index contributed by atoms with van der Waals surface area (Å²) in [6, 6.07) is 12.0. The summed E-state index contributed by atoms with van der Waals surface area (Å²) < 4.78 is 31.3. The summed E-state index contributed by atoms with van der Waals surface area (Å²) in [5, 5.41) is 22.9. The molecular weight excluding hydrogens is 377 g/mol. The van der Waals surface area contributed by atoms with Crippen LogP contribution in [0.15, 0.2) is 51.9 Å². The highest BCUT2D eigenvalue weighted by Gasteiger charge is 2.22. The third-order valence-electron chi connectivity index (χ3n) is 4.82. The Kier molecular flexibility index (Phi) is 5.74. The largest absolute Gasteiger partial charge is 0.488 e. The zero-order chi connectivity index (χ0) is 20.5. The van der Waals surface area contributed by atoms with Crippen molar-refractivity contribution in [1.82, 2.24) is 5.16 Å². The normalized spacial score (nSPS) is 11.6. The van der Waals surface area contributed by atoms with E-state index in [1.165, 1.54) is 0 Å². The molecule has 2 aromatic carbocycles. The van der Waals surface area contributed by atoms with Crippen molar-refractivity contribution in [2.75, 3.05) is 5.75 Å². The molecule has 0 saturated carbocycles. The molecule has 3 rings (SSSR count). The first-order valence-corrected chi connectivity index (χ1v) is 10.6. The average Bonchev–Trinajstić information content (AvgIpc) is 2.99. The molecule has 28 heavy (non-hydrogen) atoms. The molecular formula is C20H22BNO5S. The van der Waals surface area contributed by atoms with Gasteiger partial charge in [0.2, 0.25) is 0 Å². The molecule has 2 N–H and O–H groups in total. The Hall–Kier alpha value is -2.42. The van der Waals surface area contributed by atoms with Crippen LogP contribution in [0.1, 0.15) is 22.6 Å². The Labute approximate surface area is 164 Å². The van der Waals surface area contributed by atoms with Gasteiger partial charge in [-0.2, -0.15) is 0 Å². The summed E-state index contributed by atoms with van der Waals surface area (Å²) >= 11 is 0. The fourth-order valence-corrected chi connectivity index (χ4v) is 4.93. The van der Waals surface area contributed by atoms with Gasteiger partial charge in [-0.05, 0) is 55.4 Å². The topological polar surface area (TPSA) is 101 Å². The molecule has 0 radical (unpaired) electrons. The quantitative estimate of drug-likeness (QED) is 0.615. The van der Waals surface area contributed by atoms with E-state index in [4.69, 9.17) is 4.52 Å². The smallest absolute Gasteiger partial charge is 0.423 e. The third-order valence-corrected chi connectivity index (χ3v) is 6.67. The molecule has 6 nitrogen and oxygen atoms in total. The second-order valence-corrected chi connectivity index (χ2v) is 8.90. The van der Waals surface area contributed by atoms with Gasteiger partial charge in [0.1, 0.15) is 5.76 Å². The molecule has 0 aliphatic heterocycles. The Morgan fingerprint density at radius 3 is 2.43 bits per heavy atom. The van der Waals surface area contributed by atoms with Crippen LogP contribution in [0.2, 0.25) is 0 Å². The number of sulfone groups is 1. The second-order valence-electron chi connectivity index (χ2n) is 6.82. The summed E-state index contributed by atoms with van der Waals surface area (Å²) in [4.78, 5) is 0.257. The van der Waals surface area contributed by atoms with Crippen LogP contribution in [-0.2, 0) is 16.3 Å². The molecule has 0 fully saturated rings. The highest BCUT2D eigenvalue weighted by atomic mass is 32.2. The van der Waals surface area contributed by atoms with E-state index in [0.29, 0.717) is 28.0 Å². The highest BCUT2D eigenvalue weighted by Crippen LogP contribution is 2.30. The molecule has 0 unspecified atom stereocenters. The minimum Gasteiger partial charge on any atom is -0.423 e. The molecule has 0 aliphatic carbocycles. The summed E-state index contributed by atoms with van der Waals surface area (Å²) in [5.41, 5.74) is 3.82. The fraction of sp³-hybridized carbons (Fsp3) is 0.250. The van der Waals surface area contributed by atoms with Crippen molar-refractivity contribution in [2.45, 2.75) is 32.1 Å². The van der Waals surface area contributed by atoms with E-state index in [-0.39, 0.29) is 17.1 Å². The van der Waals surface area contributed by atoms with Crippen molar-refractivity contribution in [3.05, 3.63) is 65.0 Å². The van der Waals surface area contributed by atoms with E-state index in [1.54, 1.807) is 50.2 Å². The minimum atomic E-state index is -3.59. The van der Waals surface area contributed by atoms with Crippen LogP contribution in [0.25, 0.3) is 11.1 Å². The first-order chi connectivity index (χ1) is 13.2. The minimum absolute atomic E-state index is 0.136. The lowest BCUT2D eigenvalue weighted by Gasteiger charge is -2.12. The van der Waals surface area contributed by atoms with Crippen molar-refractivity contribution in [2.24, 2.45) is 0 Å². The maximum Gasteiger partial charge on any atom is 0.488 e. The van der Waals surface area contributed by atoms with Gasteiger partial charge in [0.05, 0.1) is 16.3 Å².